The molecular weight excluding hydrogens is 284 g/mol. The van der Waals surface area contributed by atoms with Crippen LogP contribution in [0.2, 0.25) is 0 Å². The molecule has 3 aromatic rings. The van der Waals surface area contributed by atoms with E-state index in [0.29, 0.717) is 6.54 Å². The summed E-state index contributed by atoms with van der Waals surface area (Å²) in [6.45, 7) is 4.73. The Balaban J connectivity index is 1.82. The minimum absolute atomic E-state index is 0.0438. The number of benzene rings is 2. The van der Waals surface area contributed by atoms with E-state index in [1.54, 1.807) is 0 Å². The summed E-state index contributed by atoms with van der Waals surface area (Å²) in [4.78, 5) is 19.6. The molecule has 2 aromatic carbocycles. The quantitative estimate of drug-likeness (QED) is 0.679. The van der Waals surface area contributed by atoms with Crippen LogP contribution in [0.5, 0.6) is 0 Å². The highest BCUT2D eigenvalue weighted by atomic mass is 16.2. The first kappa shape index (κ1) is 13.9. The number of aryl methyl sites for hydroxylation is 2. The third-order valence-corrected chi connectivity index (χ3v) is 4.58. The molecule has 114 valence electrons. The second kappa shape index (κ2) is 5.20. The maximum absolute atomic E-state index is 12.9. The lowest BCUT2D eigenvalue weighted by atomic mass is 10.1. The Hall–Kier alpha value is -2.68. The number of hydrogen-bond donors (Lipinski definition) is 0. The van der Waals surface area contributed by atoms with E-state index < -0.39 is 0 Å². The predicted molar refractivity (Wildman–Crippen MR) is 93.0 cm³/mol. The number of carbonyl (C=O) groups is 1. The van der Waals surface area contributed by atoms with Gasteiger partial charge in [-0.25, -0.2) is 4.98 Å². The smallest absolute Gasteiger partial charge is 0.259 e. The third kappa shape index (κ3) is 2.20. The van der Waals surface area contributed by atoms with Crippen molar-refractivity contribution in [2.24, 2.45) is 0 Å². The van der Waals surface area contributed by atoms with Crippen molar-refractivity contribution < 1.29 is 4.79 Å². The number of para-hydroxylation sites is 1. The van der Waals surface area contributed by atoms with Gasteiger partial charge < -0.3 is 0 Å². The van der Waals surface area contributed by atoms with E-state index in [0.717, 1.165) is 45.4 Å². The summed E-state index contributed by atoms with van der Waals surface area (Å²) >= 11 is 0. The summed E-state index contributed by atoms with van der Waals surface area (Å²) in [5.41, 5.74) is 5.04. The molecule has 3 nitrogen and oxygen atoms in total. The van der Waals surface area contributed by atoms with Gasteiger partial charge in [-0.05, 0) is 49.1 Å². The summed E-state index contributed by atoms with van der Waals surface area (Å²) in [5.74, 6) is 0.863. The predicted octanol–water partition coefficient (Wildman–Crippen LogP) is 4.05. The van der Waals surface area contributed by atoms with E-state index in [2.05, 4.69) is 31.2 Å². The largest absolute Gasteiger partial charge is 0.292 e. The van der Waals surface area contributed by atoms with E-state index in [1.165, 1.54) is 0 Å². The number of amides is 1. The zero-order valence-electron chi connectivity index (χ0n) is 13.3. The van der Waals surface area contributed by atoms with Crippen LogP contribution < -0.4 is 4.90 Å². The average molecular weight is 302 g/mol. The molecule has 0 radical (unpaired) electrons. The van der Waals surface area contributed by atoms with E-state index in [1.807, 2.05) is 36.1 Å². The summed E-state index contributed by atoms with van der Waals surface area (Å²) in [7, 11) is 0. The van der Waals surface area contributed by atoms with E-state index in [-0.39, 0.29) is 5.91 Å². The van der Waals surface area contributed by atoms with Crippen molar-refractivity contribution >= 4 is 22.6 Å². The first-order valence-electron chi connectivity index (χ1n) is 7.92. The number of pyridine rings is 1. The Bertz CT molecular complexity index is 930. The molecule has 0 N–H and O–H groups in total. The van der Waals surface area contributed by atoms with Gasteiger partial charge in [0.1, 0.15) is 5.82 Å². The van der Waals surface area contributed by atoms with Gasteiger partial charge in [-0.15, -0.1) is 0 Å². The number of anilines is 1. The number of aromatic nitrogens is 1. The van der Waals surface area contributed by atoms with Gasteiger partial charge in [0.2, 0.25) is 0 Å². The van der Waals surface area contributed by atoms with Crippen molar-refractivity contribution in [3.05, 3.63) is 70.8 Å². The topological polar surface area (TPSA) is 33.2 Å². The normalized spacial score (nSPS) is 13.4. The lowest BCUT2D eigenvalue weighted by Crippen LogP contribution is -2.30. The number of rotatable bonds is 1. The van der Waals surface area contributed by atoms with E-state index >= 15 is 0 Å². The fraction of sp³-hybridized carbons (Fsp3) is 0.200. The van der Waals surface area contributed by atoms with Gasteiger partial charge in [-0.1, -0.05) is 36.4 Å². The van der Waals surface area contributed by atoms with Crippen molar-refractivity contribution in [3.8, 4) is 0 Å². The molecule has 0 atom stereocenters. The van der Waals surface area contributed by atoms with Crippen molar-refractivity contribution in [1.29, 1.82) is 0 Å². The molecule has 0 bridgehead atoms. The zero-order chi connectivity index (χ0) is 16.0. The van der Waals surface area contributed by atoms with Crippen molar-refractivity contribution in [2.45, 2.75) is 20.3 Å². The van der Waals surface area contributed by atoms with E-state index in [4.69, 9.17) is 4.98 Å². The molecule has 1 aliphatic rings. The molecule has 0 fully saturated rings. The molecule has 0 saturated heterocycles. The standard InChI is InChI=1S/C20H18N2O/c1-13-6-3-4-9-17(13)20(23)22-11-10-16-12-15-8-5-7-14(2)18(15)21-19(16)22/h3-9,12H,10-11H2,1-2H3. The number of carbonyl (C=O) groups excluding carboxylic acids is 1. The van der Waals surface area contributed by atoms with E-state index in [9.17, 15) is 4.79 Å². The maximum Gasteiger partial charge on any atom is 0.259 e. The Morgan fingerprint density at radius 2 is 1.83 bits per heavy atom. The van der Waals surface area contributed by atoms with Gasteiger partial charge in [-0.2, -0.15) is 0 Å². The molecule has 1 amide bonds. The average Bonchev–Trinajstić information content (AvgIpc) is 2.96. The second-order valence-corrected chi connectivity index (χ2v) is 6.14. The second-order valence-electron chi connectivity index (χ2n) is 6.14. The molecule has 2 heterocycles. The number of nitrogens with zero attached hydrogens (tertiary/aromatic N) is 2. The SMILES string of the molecule is Cc1ccccc1C(=O)N1CCc2cc3cccc(C)c3nc21. The van der Waals surface area contributed by atoms with Crippen LogP contribution in [0.4, 0.5) is 5.82 Å². The van der Waals surface area contributed by atoms with Crippen LogP contribution >= 0.6 is 0 Å². The summed E-state index contributed by atoms with van der Waals surface area (Å²) in [6, 6.07) is 16.1. The zero-order valence-corrected chi connectivity index (χ0v) is 13.3. The lowest BCUT2D eigenvalue weighted by molar-refractivity contribution is 0.0988. The molecule has 4 rings (SSSR count). The van der Waals surface area contributed by atoms with Gasteiger partial charge in [0.15, 0.2) is 0 Å². The molecule has 0 unspecified atom stereocenters. The molecule has 1 aromatic heterocycles. The third-order valence-electron chi connectivity index (χ3n) is 4.58. The summed E-state index contributed by atoms with van der Waals surface area (Å²) in [5, 5.41) is 1.15. The summed E-state index contributed by atoms with van der Waals surface area (Å²) < 4.78 is 0. The highest BCUT2D eigenvalue weighted by Gasteiger charge is 2.28. The fourth-order valence-electron chi connectivity index (χ4n) is 3.29. The Labute approximate surface area is 135 Å². The number of fused-ring (bicyclic) bond motifs is 2. The molecule has 23 heavy (non-hydrogen) atoms. The van der Waals surface area contributed by atoms with Crippen molar-refractivity contribution in [3.63, 3.8) is 0 Å². The lowest BCUT2D eigenvalue weighted by Gasteiger charge is -2.18. The first-order chi connectivity index (χ1) is 11.1. The molecule has 0 aliphatic carbocycles. The number of hydrogen-bond acceptors (Lipinski definition) is 2. The van der Waals surface area contributed by atoms with Gasteiger partial charge in [0.05, 0.1) is 5.52 Å². The Kier molecular flexibility index (Phi) is 3.15. The molecule has 3 heteroatoms. The fourth-order valence-corrected chi connectivity index (χ4v) is 3.29. The maximum atomic E-state index is 12.9. The van der Waals surface area contributed by atoms with Gasteiger partial charge >= 0.3 is 0 Å². The van der Waals surface area contributed by atoms with Gasteiger partial charge in [-0.3, -0.25) is 9.69 Å². The highest BCUT2D eigenvalue weighted by Crippen LogP contribution is 2.31. The van der Waals surface area contributed by atoms with Crippen LogP contribution in [0.15, 0.2) is 48.5 Å². The molecule has 0 spiro atoms. The monoisotopic (exact) mass is 302 g/mol. The Morgan fingerprint density at radius 3 is 2.65 bits per heavy atom. The van der Waals surface area contributed by atoms with Crippen molar-refractivity contribution in [2.75, 3.05) is 11.4 Å². The molecule has 0 saturated carbocycles. The summed E-state index contributed by atoms with van der Waals surface area (Å²) in [6.07, 6.45) is 0.865. The molecule has 1 aliphatic heterocycles. The highest BCUT2D eigenvalue weighted by molar-refractivity contribution is 6.08. The Morgan fingerprint density at radius 1 is 1.04 bits per heavy atom. The van der Waals surface area contributed by atoms with Gasteiger partial charge in [0.25, 0.3) is 5.91 Å². The first-order valence-corrected chi connectivity index (χ1v) is 7.92. The van der Waals surface area contributed by atoms with Crippen molar-refractivity contribution in [1.82, 2.24) is 4.98 Å². The minimum Gasteiger partial charge on any atom is -0.292 e. The van der Waals surface area contributed by atoms with Crippen LogP contribution in [0.1, 0.15) is 27.0 Å². The van der Waals surface area contributed by atoms with Crippen LogP contribution in [-0.2, 0) is 6.42 Å². The molecular formula is C20H18N2O. The van der Waals surface area contributed by atoms with Crippen LogP contribution in [-0.4, -0.2) is 17.4 Å². The van der Waals surface area contributed by atoms with Crippen LogP contribution in [0.3, 0.4) is 0 Å². The van der Waals surface area contributed by atoms with Gasteiger partial charge in [0, 0.05) is 17.5 Å². The minimum atomic E-state index is 0.0438. The van der Waals surface area contributed by atoms with Crippen LogP contribution in [0, 0.1) is 13.8 Å². The van der Waals surface area contributed by atoms with Crippen LogP contribution in [0.25, 0.3) is 10.9 Å².